The molecule has 3 nitrogen and oxygen atoms in total. The topological polar surface area (TPSA) is 51.2 Å². The molecular formula is C15H21CoO3P. The predicted molar refractivity (Wildman–Crippen MR) is 79.8 cm³/mol. The van der Waals surface area contributed by atoms with Gasteiger partial charge >= 0.3 is 0 Å². The van der Waals surface area contributed by atoms with Gasteiger partial charge in [0.15, 0.2) is 0 Å². The summed E-state index contributed by atoms with van der Waals surface area (Å²) in [5.74, 6) is 5.35. The Kier molecular flexibility index (Phi) is 15.9. The summed E-state index contributed by atoms with van der Waals surface area (Å²) >= 11 is 0. The normalized spacial score (nSPS) is 8.95. The van der Waals surface area contributed by atoms with Crippen molar-refractivity contribution in [2.24, 2.45) is 0 Å². The number of hydrogen-bond acceptors (Lipinski definition) is 3. The Hall–Kier alpha value is -0.714. The zero-order valence-electron chi connectivity index (χ0n) is 12.0. The van der Waals surface area contributed by atoms with Crippen molar-refractivity contribution >= 4 is 25.7 Å². The maximum absolute atomic E-state index is 11.2. The Morgan fingerprint density at radius 2 is 1.55 bits per heavy atom. The van der Waals surface area contributed by atoms with E-state index in [2.05, 4.69) is 13.8 Å². The van der Waals surface area contributed by atoms with E-state index in [0.29, 0.717) is 5.31 Å². The molecule has 113 valence electrons. The van der Waals surface area contributed by atoms with E-state index in [0.717, 1.165) is 38.0 Å². The summed E-state index contributed by atoms with van der Waals surface area (Å²) in [6, 6.07) is 0. The molecular weight excluding hydrogens is 318 g/mol. The van der Waals surface area contributed by atoms with E-state index in [4.69, 9.17) is 0 Å². The van der Waals surface area contributed by atoms with E-state index in [-0.39, 0.29) is 28.8 Å². The zero-order chi connectivity index (χ0) is 14.5. The fraction of sp³-hybridized carbons (Fsp3) is 0.600. The molecule has 0 amide bonds. The second-order valence-corrected chi connectivity index (χ2v) is 6.67. The summed E-state index contributed by atoms with van der Waals surface area (Å²) in [6.45, 7) is 4.20. The molecule has 0 spiro atoms. The third-order valence-corrected chi connectivity index (χ3v) is 5.48. The van der Waals surface area contributed by atoms with Crippen molar-refractivity contribution in [3.05, 3.63) is 17.0 Å². The van der Waals surface area contributed by atoms with Crippen LogP contribution in [0, 0.1) is 0 Å². The molecule has 0 heterocycles. The number of carbonyl (C=O) groups excluding carboxylic acids is 3. The Morgan fingerprint density at radius 1 is 1.00 bits per heavy atom. The number of allylic oxidation sites excluding steroid dienone is 3. The minimum Gasteiger partial charge on any atom is -0.234 e. The first-order valence-electron chi connectivity index (χ1n) is 6.68. The van der Waals surface area contributed by atoms with E-state index in [9.17, 15) is 14.4 Å². The van der Waals surface area contributed by atoms with Crippen LogP contribution in [0.2, 0.25) is 0 Å². The summed E-state index contributed by atoms with van der Waals surface area (Å²) < 4.78 is 0. The van der Waals surface area contributed by atoms with Gasteiger partial charge in [0, 0.05) is 29.3 Å². The van der Waals surface area contributed by atoms with Gasteiger partial charge in [0.05, 0.1) is 10.9 Å². The van der Waals surface area contributed by atoms with Gasteiger partial charge in [0.1, 0.15) is 17.8 Å². The fourth-order valence-corrected chi connectivity index (χ4v) is 4.40. The molecule has 0 bridgehead atoms. The van der Waals surface area contributed by atoms with Crippen LogP contribution >= 0.6 is 7.92 Å². The second-order valence-electron chi connectivity index (χ2n) is 4.25. The van der Waals surface area contributed by atoms with Crippen molar-refractivity contribution in [3.8, 4) is 0 Å². The maximum Gasteiger partial charge on any atom is 0.133 e. The molecule has 0 fully saturated rings. The molecule has 0 aliphatic rings. The van der Waals surface area contributed by atoms with Gasteiger partial charge in [-0.25, -0.2) is 14.4 Å². The molecule has 0 aromatic carbocycles. The Labute approximate surface area is 132 Å². The molecule has 0 saturated carbocycles. The van der Waals surface area contributed by atoms with Crippen LogP contribution in [0.5, 0.6) is 0 Å². The standard InChI is InChI=1S/C15H21O3P.Co/c1-3-5-10-19(11-6-4-2)15(13-18)14(12-17)8-7-9-16;/h7H,3-6,8,10-11H2,1-2H3;. The van der Waals surface area contributed by atoms with Crippen molar-refractivity contribution < 1.29 is 31.2 Å². The van der Waals surface area contributed by atoms with E-state index in [1.807, 2.05) is 5.94 Å². The molecule has 0 aromatic rings. The third-order valence-electron chi connectivity index (χ3n) is 2.77. The van der Waals surface area contributed by atoms with Crippen molar-refractivity contribution in [2.75, 3.05) is 12.3 Å². The van der Waals surface area contributed by atoms with Crippen molar-refractivity contribution in [1.82, 2.24) is 0 Å². The Morgan fingerprint density at radius 3 is 1.90 bits per heavy atom. The molecule has 1 radical (unpaired) electrons. The predicted octanol–water partition coefficient (Wildman–Crippen LogP) is 3.32. The quantitative estimate of drug-likeness (QED) is 0.349. The van der Waals surface area contributed by atoms with Gasteiger partial charge in [-0.2, -0.15) is 0 Å². The summed E-state index contributed by atoms with van der Waals surface area (Å²) in [7, 11) is -0.654. The average molecular weight is 339 g/mol. The van der Waals surface area contributed by atoms with E-state index in [1.165, 1.54) is 6.08 Å². The number of rotatable bonds is 10. The number of hydrogen-bond donors (Lipinski definition) is 0. The molecule has 5 heteroatoms. The Balaban J connectivity index is 0. The van der Waals surface area contributed by atoms with Crippen molar-refractivity contribution in [2.45, 2.75) is 46.0 Å². The zero-order valence-corrected chi connectivity index (χ0v) is 14.0. The smallest absolute Gasteiger partial charge is 0.133 e. The summed E-state index contributed by atoms with van der Waals surface area (Å²) in [5.41, 5.74) is 0.275. The molecule has 0 rings (SSSR count). The van der Waals surface area contributed by atoms with Crippen LogP contribution in [0.15, 0.2) is 17.0 Å². The first kappa shape index (κ1) is 21.6. The number of unbranched alkanes of at least 4 members (excludes halogenated alkanes) is 2. The van der Waals surface area contributed by atoms with Crippen LogP contribution < -0.4 is 0 Å². The summed E-state index contributed by atoms with van der Waals surface area (Å²) in [4.78, 5) is 32.4. The molecule has 0 aliphatic carbocycles. The van der Waals surface area contributed by atoms with Crippen LogP contribution in [0.3, 0.4) is 0 Å². The van der Waals surface area contributed by atoms with E-state index >= 15 is 0 Å². The molecule has 0 unspecified atom stereocenters. The third kappa shape index (κ3) is 8.46. The van der Waals surface area contributed by atoms with Gasteiger partial charge in [-0.3, -0.25) is 0 Å². The molecule has 0 saturated heterocycles. The van der Waals surface area contributed by atoms with Crippen LogP contribution in [-0.4, -0.2) is 30.1 Å². The molecule has 0 aliphatic heterocycles. The van der Waals surface area contributed by atoms with Gasteiger partial charge < -0.3 is 0 Å². The van der Waals surface area contributed by atoms with Gasteiger partial charge in [0.2, 0.25) is 0 Å². The van der Waals surface area contributed by atoms with E-state index < -0.39 is 7.92 Å². The minimum atomic E-state index is -0.654. The molecule has 0 N–H and O–H groups in total. The largest absolute Gasteiger partial charge is 0.234 e. The van der Waals surface area contributed by atoms with E-state index in [1.54, 1.807) is 11.9 Å². The fourth-order valence-electron chi connectivity index (χ4n) is 1.68. The summed E-state index contributed by atoms with van der Waals surface area (Å²) in [6.07, 6.45) is 7.42. The second kappa shape index (κ2) is 14.7. The van der Waals surface area contributed by atoms with Crippen LogP contribution in [-0.2, 0) is 31.2 Å². The molecule has 0 aromatic heterocycles. The van der Waals surface area contributed by atoms with Crippen LogP contribution in [0.1, 0.15) is 46.0 Å². The van der Waals surface area contributed by atoms with Crippen LogP contribution in [0.25, 0.3) is 0 Å². The SMILES string of the molecule is CCCCP(CCCC)C(=C=O)C(=C=O)CC=C=O.[Co]. The average Bonchev–Trinajstić information content (AvgIpc) is 2.44. The van der Waals surface area contributed by atoms with Gasteiger partial charge in [-0.1, -0.05) is 34.6 Å². The first-order chi connectivity index (χ1) is 9.24. The van der Waals surface area contributed by atoms with Gasteiger partial charge in [-0.05, 0) is 25.2 Å². The van der Waals surface area contributed by atoms with Crippen molar-refractivity contribution in [1.29, 1.82) is 0 Å². The minimum absolute atomic E-state index is 0. The van der Waals surface area contributed by atoms with Gasteiger partial charge in [-0.15, -0.1) is 0 Å². The molecule has 0 atom stereocenters. The Bertz CT molecular complexity index is 407. The van der Waals surface area contributed by atoms with Crippen molar-refractivity contribution in [3.63, 3.8) is 0 Å². The first-order valence-corrected chi connectivity index (χ1v) is 8.40. The maximum atomic E-state index is 11.2. The van der Waals surface area contributed by atoms with Crippen LogP contribution in [0.4, 0.5) is 0 Å². The molecule has 20 heavy (non-hydrogen) atoms. The monoisotopic (exact) mass is 339 g/mol. The summed E-state index contributed by atoms with van der Waals surface area (Å²) in [5, 5.41) is 0.457. The van der Waals surface area contributed by atoms with Gasteiger partial charge in [0.25, 0.3) is 0 Å².